The van der Waals surface area contributed by atoms with Gasteiger partial charge in [-0.25, -0.2) is 18.7 Å². The first-order valence-electron chi connectivity index (χ1n) is 12.6. The van der Waals surface area contributed by atoms with Crippen LogP contribution in [0.3, 0.4) is 0 Å². The number of nitrogens with one attached hydrogen (secondary N) is 4. The maximum absolute atomic E-state index is 14.6. The van der Waals surface area contributed by atoms with Crippen LogP contribution in [0.4, 0.5) is 8.78 Å². The summed E-state index contributed by atoms with van der Waals surface area (Å²) in [6, 6.07) is 0.598. The predicted molar refractivity (Wildman–Crippen MR) is 119 cm³/mol. The molecule has 2 heterocycles. The molecule has 3 saturated carbocycles. The molecule has 4 N–H and O–H groups in total. The van der Waals surface area contributed by atoms with Gasteiger partial charge in [-0.2, -0.15) is 0 Å². The van der Waals surface area contributed by atoms with E-state index in [1.54, 1.807) is 0 Å². The third-order valence-electron chi connectivity index (χ3n) is 7.80. The van der Waals surface area contributed by atoms with Crippen LogP contribution in [0, 0.1) is 0 Å². The van der Waals surface area contributed by atoms with Gasteiger partial charge in [-0.1, -0.05) is 38.5 Å². The topological polar surface area (TPSA) is 63.7 Å². The van der Waals surface area contributed by atoms with Gasteiger partial charge in [0.15, 0.2) is 12.1 Å². The molecule has 174 valence electrons. The van der Waals surface area contributed by atoms with Gasteiger partial charge in [-0.05, 0) is 38.5 Å². The SMILES string of the molecule is FC1CCC(NC2NC3=CNC(NC4CCCCC4)=NC3N2C2CCCCC2)C(F)C1. The molecule has 5 unspecified atom stereocenters. The van der Waals surface area contributed by atoms with E-state index in [-0.39, 0.29) is 24.9 Å². The van der Waals surface area contributed by atoms with Gasteiger partial charge in [0.2, 0.25) is 0 Å². The number of aliphatic imine (C=N–C) groups is 1. The van der Waals surface area contributed by atoms with Gasteiger partial charge in [0.1, 0.15) is 18.6 Å². The van der Waals surface area contributed by atoms with Crippen molar-refractivity contribution in [1.82, 2.24) is 26.2 Å². The lowest BCUT2D eigenvalue weighted by atomic mass is 9.92. The summed E-state index contributed by atoms with van der Waals surface area (Å²) >= 11 is 0. The van der Waals surface area contributed by atoms with E-state index in [2.05, 4.69) is 26.2 Å². The zero-order valence-corrected chi connectivity index (χ0v) is 18.5. The highest BCUT2D eigenvalue weighted by atomic mass is 19.1. The van der Waals surface area contributed by atoms with Gasteiger partial charge >= 0.3 is 0 Å². The van der Waals surface area contributed by atoms with E-state index in [1.165, 1.54) is 51.4 Å². The summed E-state index contributed by atoms with van der Waals surface area (Å²) < 4.78 is 28.2. The van der Waals surface area contributed by atoms with E-state index in [9.17, 15) is 8.78 Å². The van der Waals surface area contributed by atoms with Crippen molar-refractivity contribution in [3.8, 4) is 0 Å². The first-order chi connectivity index (χ1) is 15.2. The molecule has 3 aliphatic carbocycles. The molecule has 0 radical (unpaired) electrons. The minimum absolute atomic E-state index is 0.00903. The molecule has 0 aromatic heterocycles. The summed E-state index contributed by atoms with van der Waals surface area (Å²) in [4.78, 5) is 7.48. The zero-order chi connectivity index (χ0) is 21.2. The Morgan fingerprint density at radius 2 is 1.68 bits per heavy atom. The van der Waals surface area contributed by atoms with Crippen molar-refractivity contribution in [1.29, 1.82) is 0 Å². The standard InChI is InChI=1S/C23H38F2N6/c24-15-11-12-19(18(25)13-15)28-23-29-20-14-26-22(27-16-7-3-1-4-8-16)30-21(20)31(23)17-9-5-2-6-10-17/h14-19,21,23,28-29H,1-13H2,(H2,26,27,30). The van der Waals surface area contributed by atoms with Gasteiger partial charge in [0.25, 0.3) is 0 Å². The minimum atomic E-state index is -1.14. The monoisotopic (exact) mass is 436 g/mol. The van der Waals surface area contributed by atoms with Crippen molar-refractivity contribution in [3.63, 3.8) is 0 Å². The van der Waals surface area contributed by atoms with Gasteiger partial charge in [0.05, 0.1) is 5.70 Å². The highest BCUT2D eigenvalue weighted by molar-refractivity contribution is 5.82. The summed E-state index contributed by atoms with van der Waals surface area (Å²) in [5.41, 5.74) is 1.03. The fourth-order valence-electron chi connectivity index (χ4n) is 6.06. The van der Waals surface area contributed by atoms with E-state index < -0.39 is 12.3 Å². The number of fused-ring (bicyclic) bond motifs is 1. The van der Waals surface area contributed by atoms with Crippen LogP contribution in [0.15, 0.2) is 16.9 Å². The molecule has 0 amide bonds. The smallest absolute Gasteiger partial charge is 0.197 e. The Kier molecular flexibility index (Phi) is 6.64. The molecule has 2 aliphatic heterocycles. The number of nitrogens with zero attached hydrogens (tertiary/aromatic N) is 2. The lowest BCUT2D eigenvalue weighted by Crippen LogP contribution is -2.59. The maximum Gasteiger partial charge on any atom is 0.197 e. The normalized spacial score (nSPS) is 37.9. The first-order valence-corrected chi connectivity index (χ1v) is 12.6. The Bertz CT molecular complexity index is 673. The summed E-state index contributed by atoms with van der Waals surface area (Å²) in [5.74, 6) is 0.852. The minimum Gasteiger partial charge on any atom is -0.357 e. The van der Waals surface area contributed by atoms with Crippen molar-refractivity contribution < 1.29 is 8.78 Å². The quantitative estimate of drug-likeness (QED) is 0.544. The van der Waals surface area contributed by atoms with E-state index in [0.717, 1.165) is 24.5 Å². The van der Waals surface area contributed by atoms with E-state index in [1.807, 2.05) is 6.20 Å². The summed E-state index contributed by atoms with van der Waals surface area (Å²) in [5, 5.41) is 14.0. The Morgan fingerprint density at radius 3 is 2.42 bits per heavy atom. The zero-order valence-electron chi connectivity index (χ0n) is 18.5. The fourth-order valence-corrected chi connectivity index (χ4v) is 6.06. The van der Waals surface area contributed by atoms with Crippen molar-refractivity contribution in [2.45, 2.75) is 126 Å². The molecule has 5 rings (SSSR count). The second-order valence-electron chi connectivity index (χ2n) is 10.1. The molecule has 1 saturated heterocycles. The second-order valence-corrected chi connectivity index (χ2v) is 10.1. The lowest BCUT2D eigenvalue weighted by Gasteiger charge is -2.40. The summed E-state index contributed by atoms with van der Waals surface area (Å²) in [7, 11) is 0. The summed E-state index contributed by atoms with van der Waals surface area (Å²) in [6.45, 7) is 0. The van der Waals surface area contributed by atoms with Crippen molar-refractivity contribution in [2.24, 2.45) is 4.99 Å². The van der Waals surface area contributed by atoms with Crippen molar-refractivity contribution in [3.05, 3.63) is 11.9 Å². The van der Waals surface area contributed by atoms with Crippen molar-refractivity contribution >= 4 is 5.96 Å². The third kappa shape index (κ3) is 4.85. The van der Waals surface area contributed by atoms with Crippen LogP contribution < -0.4 is 21.3 Å². The van der Waals surface area contributed by atoms with Crippen molar-refractivity contribution in [2.75, 3.05) is 0 Å². The second kappa shape index (κ2) is 9.61. The van der Waals surface area contributed by atoms with Crippen LogP contribution in [0.1, 0.15) is 83.5 Å². The number of alkyl halides is 2. The molecular weight excluding hydrogens is 398 g/mol. The molecule has 4 fully saturated rings. The lowest BCUT2D eigenvalue weighted by molar-refractivity contribution is 0.0471. The van der Waals surface area contributed by atoms with E-state index in [0.29, 0.717) is 24.9 Å². The average Bonchev–Trinajstić information content (AvgIpc) is 3.14. The Balaban J connectivity index is 1.32. The van der Waals surface area contributed by atoms with Crippen LogP contribution in [-0.2, 0) is 0 Å². The molecule has 5 atom stereocenters. The van der Waals surface area contributed by atoms with Crippen LogP contribution >= 0.6 is 0 Å². The Hall–Kier alpha value is -1.41. The predicted octanol–water partition coefficient (Wildman–Crippen LogP) is 3.38. The number of halogens is 2. The van der Waals surface area contributed by atoms with Gasteiger partial charge in [0, 0.05) is 30.7 Å². The number of hydrogen-bond donors (Lipinski definition) is 4. The molecule has 0 bridgehead atoms. The van der Waals surface area contributed by atoms with Crippen LogP contribution in [0.2, 0.25) is 0 Å². The number of guanidine groups is 1. The average molecular weight is 437 g/mol. The molecule has 5 aliphatic rings. The highest BCUT2D eigenvalue weighted by Crippen LogP contribution is 2.33. The number of hydrogen-bond acceptors (Lipinski definition) is 6. The molecular formula is C23H38F2N6. The maximum atomic E-state index is 14.6. The molecule has 31 heavy (non-hydrogen) atoms. The molecule has 8 heteroatoms. The molecule has 0 spiro atoms. The van der Waals surface area contributed by atoms with Crippen LogP contribution in [-0.4, -0.2) is 53.8 Å². The van der Waals surface area contributed by atoms with Gasteiger partial charge < -0.3 is 16.0 Å². The highest BCUT2D eigenvalue weighted by Gasteiger charge is 2.45. The van der Waals surface area contributed by atoms with E-state index in [4.69, 9.17) is 4.99 Å². The number of rotatable bonds is 4. The molecule has 6 nitrogen and oxygen atoms in total. The first kappa shape index (κ1) is 21.4. The third-order valence-corrected chi connectivity index (χ3v) is 7.80. The van der Waals surface area contributed by atoms with Gasteiger partial charge in [-0.15, -0.1) is 0 Å². The Labute approximate surface area is 184 Å². The molecule has 0 aromatic carbocycles. The van der Waals surface area contributed by atoms with Crippen LogP contribution in [0.5, 0.6) is 0 Å². The van der Waals surface area contributed by atoms with E-state index >= 15 is 0 Å². The van der Waals surface area contributed by atoms with Crippen LogP contribution in [0.25, 0.3) is 0 Å². The molecule has 0 aromatic rings. The Morgan fingerprint density at radius 1 is 0.935 bits per heavy atom. The summed E-state index contributed by atoms with van der Waals surface area (Å²) in [6.07, 6.45) is 12.9. The largest absolute Gasteiger partial charge is 0.357 e. The van der Waals surface area contributed by atoms with Gasteiger partial charge in [-0.3, -0.25) is 5.32 Å². The fraction of sp³-hybridized carbons (Fsp3) is 0.870.